The van der Waals surface area contributed by atoms with E-state index in [2.05, 4.69) is 68.8 Å². The van der Waals surface area contributed by atoms with Crippen molar-refractivity contribution in [3.8, 4) is 5.75 Å². The molecule has 1 heterocycles. The van der Waals surface area contributed by atoms with Gasteiger partial charge in [0, 0.05) is 25.0 Å². The molecule has 0 aliphatic rings. The van der Waals surface area contributed by atoms with Crippen molar-refractivity contribution in [1.82, 2.24) is 0 Å². The normalized spacial score (nSPS) is 10.7. The van der Waals surface area contributed by atoms with Gasteiger partial charge in [-0.3, -0.25) is 0 Å². The Labute approximate surface area is 202 Å². The Kier molecular flexibility index (Phi) is 14.6. The average Bonchev–Trinajstić information content (AvgIpc) is 2.76. The highest BCUT2D eigenvalue weighted by Gasteiger charge is 2.09. The molecule has 0 aliphatic heterocycles. The van der Waals surface area contributed by atoms with Crippen LogP contribution < -0.4 is 9.30 Å². The lowest BCUT2D eigenvalue weighted by atomic mass is 10.00. The molecule has 0 fully saturated rings. The fourth-order valence-electron chi connectivity index (χ4n) is 3.95. The van der Waals surface area contributed by atoms with Crippen molar-refractivity contribution >= 4 is 17.0 Å². The van der Waals surface area contributed by atoms with Gasteiger partial charge in [0.1, 0.15) is 12.3 Å². The summed E-state index contributed by atoms with van der Waals surface area (Å²) < 4.78 is 8.64. The third-order valence-electron chi connectivity index (χ3n) is 6.02. The van der Waals surface area contributed by atoms with Crippen LogP contribution in [0, 0.1) is 6.92 Å². The van der Waals surface area contributed by atoms with Gasteiger partial charge >= 0.3 is 0 Å². The summed E-state index contributed by atoms with van der Waals surface area (Å²) in [7, 11) is 0. The molecule has 0 bridgehead atoms. The minimum absolute atomic E-state index is 0. The summed E-state index contributed by atoms with van der Waals surface area (Å²) in [4.78, 5) is 0. The summed E-state index contributed by atoms with van der Waals surface area (Å²) in [5.41, 5.74) is 5.64. The number of ether oxygens (including phenoxy) is 1. The Hall–Kier alpha value is -1.35. The average molecular weight is 492 g/mol. The molecular formula is C28H45BrNO+. The van der Waals surface area contributed by atoms with E-state index in [-0.39, 0.29) is 17.0 Å². The molecule has 0 spiro atoms. The number of aromatic nitrogens is 1. The molecule has 0 saturated carbocycles. The van der Waals surface area contributed by atoms with Crippen molar-refractivity contribution in [3.63, 3.8) is 0 Å². The Bertz CT molecular complexity index is 744. The zero-order chi connectivity index (χ0) is 21.6. The van der Waals surface area contributed by atoms with Gasteiger partial charge in [-0.1, -0.05) is 58.6 Å². The van der Waals surface area contributed by atoms with Gasteiger partial charge in [-0.25, -0.2) is 4.57 Å². The van der Waals surface area contributed by atoms with Crippen LogP contribution in [0.15, 0.2) is 36.5 Å². The van der Waals surface area contributed by atoms with Crippen molar-refractivity contribution in [2.45, 2.75) is 105 Å². The summed E-state index contributed by atoms with van der Waals surface area (Å²) in [6, 6.07) is 11.4. The van der Waals surface area contributed by atoms with Gasteiger partial charge in [-0.15, -0.1) is 17.0 Å². The fourth-order valence-corrected chi connectivity index (χ4v) is 3.95. The molecule has 0 atom stereocenters. The van der Waals surface area contributed by atoms with Crippen molar-refractivity contribution in [1.29, 1.82) is 0 Å². The van der Waals surface area contributed by atoms with Crippen LogP contribution in [-0.2, 0) is 25.8 Å². The van der Waals surface area contributed by atoms with Gasteiger partial charge in [0.05, 0.1) is 6.61 Å². The third kappa shape index (κ3) is 10.2. The van der Waals surface area contributed by atoms with E-state index in [9.17, 15) is 0 Å². The molecule has 0 aliphatic carbocycles. The van der Waals surface area contributed by atoms with Crippen molar-refractivity contribution in [2.24, 2.45) is 0 Å². The highest BCUT2D eigenvalue weighted by molar-refractivity contribution is 8.93. The summed E-state index contributed by atoms with van der Waals surface area (Å²) in [6.07, 6.45) is 15.7. The quantitative estimate of drug-likeness (QED) is 0.183. The number of hydrogen-bond acceptors (Lipinski definition) is 1. The van der Waals surface area contributed by atoms with Crippen LogP contribution in [0.5, 0.6) is 5.75 Å². The number of halogens is 1. The lowest BCUT2D eigenvalue weighted by Crippen LogP contribution is -2.37. The number of aryl methyl sites for hydroxylation is 5. The molecule has 3 heteroatoms. The van der Waals surface area contributed by atoms with Crippen LogP contribution in [0.1, 0.15) is 94.5 Å². The number of benzene rings is 1. The topological polar surface area (TPSA) is 13.1 Å². The van der Waals surface area contributed by atoms with E-state index >= 15 is 0 Å². The zero-order valence-electron chi connectivity index (χ0n) is 20.4. The minimum atomic E-state index is 0. The monoisotopic (exact) mass is 490 g/mol. The Balaban J connectivity index is 0.00000480. The molecule has 2 aromatic rings. The standard InChI is InChI=1S/C28H44NO.BrH/c1-5-8-10-14-26-18-19-28(27(22-26)15-11-9-6-2)30-21-13-12-20-29-23-25(7-3)17-16-24(29)4;/h16-19,22-23H,5-15,20-21H2,1-4H3;1H/q+1;. The van der Waals surface area contributed by atoms with Crippen LogP contribution in [-0.4, -0.2) is 6.61 Å². The van der Waals surface area contributed by atoms with E-state index < -0.39 is 0 Å². The van der Waals surface area contributed by atoms with Crippen molar-refractivity contribution < 1.29 is 9.30 Å². The van der Waals surface area contributed by atoms with Crippen LogP contribution in [0.3, 0.4) is 0 Å². The van der Waals surface area contributed by atoms with Gasteiger partial charge in [0.2, 0.25) is 0 Å². The molecule has 2 rings (SSSR count). The largest absolute Gasteiger partial charge is 0.493 e. The molecule has 0 unspecified atom stereocenters. The van der Waals surface area contributed by atoms with Crippen LogP contribution in [0.2, 0.25) is 0 Å². The second-order valence-electron chi connectivity index (χ2n) is 8.64. The van der Waals surface area contributed by atoms with E-state index in [0.29, 0.717) is 0 Å². The van der Waals surface area contributed by atoms with Crippen LogP contribution >= 0.6 is 17.0 Å². The Morgan fingerprint density at radius 2 is 1.48 bits per heavy atom. The first kappa shape index (κ1) is 27.7. The van der Waals surface area contributed by atoms with E-state index in [1.807, 2.05) is 0 Å². The lowest BCUT2D eigenvalue weighted by molar-refractivity contribution is -0.703. The first-order valence-corrected chi connectivity index (χ1v) is 12.4. The summed E-state index contributed by atoms with van der Waals surface area (Å²) in [5, 5.41) is 0. The lowest BCUT2D eigenvalue weighted by Gasteiger charge is -2.13. The van der Waals surface area contributed by atoms with Crippen LogP contribution in [0.4, 0.5) is 0 Å². The molecule has 0 N–H and O–H groups in total. The molecule has 174 valence electrons. The number of unbranched alkanes of at least 4 members (excludes halogenated alkanes) is 5. The fraction of sp³-hybridized carbons (Fsp3) is 0.607. The minimum Gasteiger partial charge on any atom is -0.493 e. The summed E-state index contributed by atoms with van der Waals surface area (Å²) >= 11 is 0. The number of hydrogen-bond donors (Lipinski definition) is 0. The van der Waals surface area contributed by atoms with E-state index in [0.717, 1.165) is 44.6 Å². The maximum absolute atomic E-state index is 6.25. The molecule has 0 saturated heterocycles. The second kappa shape index (κ2) is 16.3. The van der Waals surface area contributed by atoms with Gasteiger partial charge < -0.3 is 4.74 Å². The maximum atomic E-state index is 6.25. The molecule has 1 aromatic heterocycles. The Morgan fingerprint density at radius 1 is 0.774 bits per heavy atom. The van der Waals surface area contributed by atoms with Crippen molar-refractivity contribution in [3.05, 3.63) is 58.9 Å². The molecule has 31 heavy (non-hydrogen) atoms. The summed E-state index contributed by atoms with van der Waals surface area (Å²) in [6.45, 7) is 10.8. The first-order chi connectivity index (χ1) is 14.7. The number of nitrogens with zero attached hydrogens (tertiary/aromatic N) is 1. The van der Waals surface area contributed by atoms with E-state index in [1.165, 1.54) is 67.3 Å². The van der Waals surface area contributed by atoms with Gasteiger partial charge in [0.25, 0.3) is 0 Å². The highest BCUT2D eigenvalue weighted by atomic mass is 79.9. The zero-order valence-corrected chi connectivity index (χ0v) is 22.1. The first-order valence-electron chi connectivity index (χ1n) is 12.4. The van der Waals surface area contributed by atoms with Crippen molar-refractivity contribution in [2.75, 3.05) is 6.61 Å². The number of rotatable bonds is 15. The number of pyridine rings is 1. The van der Waals surface area contributed by atoms with Crippen LogP contribution in [0.25, 0.3) is 0 Å². The second-order valence-corrected chi connectivity index (χ2v) is 8.64. The van der Waals surface area contributed by atoms with Gasteiger partial charge in [-0.2, -0.15) is 0 Å². The molecule has 1 aromatic carbocycles. The molecule has 2 nitrogen and oxygen atoms in total. The predicted octanol–water partition coefficient (Wildman–Crippen LogP) is 7.75. The summed E-state index contributed by atoms with van der Waals surface area (Å²) in [5.74, 6) is 1.11. The molecular weight excluding hydrogens is 446 g/mol. The molecule has 0 radical (unpaired) electrons. The van der Waals surface area contributed by atoms with E-state index in [4.69, 9.17) is 4.74 Å². The third-order valence-corrected chi connectivity index (χ3v) is 6.02. The van der Waals surface area contributed by atoms with Gasteiger partial charge in [-0.05, 0) is 61.8 Å². The smallest absolute Gasteiger partial charge is 0.178 e. The van der Waals surface area contributed by atoms with Gasteiger partial charge in [0.15, 0.2) is 11.9 Å². The predicted molar refractivity (Wildman–Crippen MR) is 139 cm³/mol. The maximum Gasteiger partial charge on any atom is 0.178 e. The van der Waals surface area contributed by atoms with E-state index in [1.54, 1.807) is 0 Å². The Morgan fingerprint density at radius 3 is 2.19 bits per heavy atom. The highest BCUT2D eigenvalue weighted by Crippen LogP contribution is 2.24. The SMILES string of the molecule is Br.CCCCCc1ccc(OCCCC[n+]2cc(CC)ccc2C)c(CCCCC)c1. The molecule has 0 amide bonds.